The van der Waals surface area contributed by atoms with Gasteiger partial charge in [-0.2, -0.15) is 0 Å². The number of halogens is 1. The molecule has 19 heavy (non-hydrogen) atoms. The molecule has 2 aromatic rings. The summed E-state index contributed by atoms with van der Waals surface area (Å²) in [7, 11) is 0. The second-order valence-corrected chi connectivity index (χ2v) is 5.64. The molecule has 1 aromatic carbocycles. The number of nitrogens with two attached hydrogens (primary N) is 1. The number of rotatable bonds is 3. The molecule has 2 N–H and O–H groups in total. The average molecular weight is 294 g/mol. The quantitative estimate of drug-likeness (QED) is 0.536. The Bertz CT molecular complexity index is 563. The molecule has 1 aliphatic rings. The molecule has 0 spiro atoms. The third kappa shape index (κ3) is 2.93. The predicted molar refractivity (Wildman–Crippen MR) is 76.7 cm³/mol. The van der Waals surface area contributed by atoms with Crippen molar-refractivity contribution < 1.29 is 4.74 Å². The first-order valence-corrected chi connectivity index (χ1v) is 7.24. The molecule has 2 heterocycles. The average Bonchev–Trinajstić information content (AvgIpc) is 2.78. The molecule has 1 atom stereocenters. The molecule has 6 heteroatoms. The topological polar surface area (TPSA) is 61.0 Å². The molecule has 0 aliphatic carbocycles. The van der Waals surface area contributed by atoms with Gasteiger partial charge < -0.3 is 10.5 Å². The van der Waals surface area contributed by atoms with Gasteiger partial charge in [-0.3, -0.25) is 0 Å². The summed E-state index contributed by atoms with van der Waals surface area (Å²) in [4.78, 5) is 8.26. The van der Waals surface area contributed by atoms with Crippen LogP contribution in [0, 0.1) is 0 Å². The number of ether oxygens (including phenoxy) is 1. The highest BCUT2D eigenvalue weighted by atomic mass is 35.5. The first-order chi connectivity index (χ1) is 9.20. The lowest BCUT2D eigenvalue weighted by atomic mass is 10.1. The second kappa shape index (κ2) is 5.27. The lowest BCUT2D eigenvalue weighted by molar-refractivity contribution is 0.259. The van der Waals surface area contributed by atoms with Crippen molar-refractivity contribution in [3.63, 3.8) is 0 Å². The summed E-state index contributed by atoms with van der Waals surface area (Å²) >= 11 is 7.35. The Hall–Kier alpha value is -1.46. The van der Waals surface area contributed by atoms with E-state index in [1.54, 1.807) is 0 Å². The molecule has 3 rings (SSSR count). The van der Waals surface area contributed by atoms with E-state index in [1.165, 1.54) is 23.4 Å². The molecular weight excluding hydrogens is 282 g/mol. The van der Waals surface area contributed by atoms with Crippen LogP contribution in [0.1, 0.15) is 5.56 Å². The Balaban J connectivity index is 1.62. The van der Waals surface area contributed by atoms with E-state index in [2.05, 4.69) is 16.0 Å². The summed E-state index contributed by atoms with van der Waals surface area (Å²) in [6.07, 6.45) is 1.06. The van der Waals surface area contributed by atoms with Crippen LogP contribution in [-0.2, 0) is 6.42 Å². The highest BCUT2D eigenvalue weighted by Crippen LogP contribution is 2.30. The van der Waals surface area contributed by atoms with E-state index in [9.17, 15) is 0 Å². The van der Waals surface area contributed by atoms with Crippen LogP contribution < -0.4 is 10.5 Å². The number of nitrogen functional groups attached to an aromatic ring is 1. The van der Waals surface area contributed by atoms with Gasteiger partial charge in [0.05, 0.1) is 0 Å². The number of thioether (sulfide) groups is 1. The minimum Gasteiger partial charge on any atom is -0.489 e. The highest BCUT2D eigenvalue weighted by molar-refractivity contribution is 7.99. The molecule has 1 aliphatic heterocycles. The zero-order chi connectivity index (χ0) is 13.2. The lowest BCUT2D eigenvalue weighted by Crippen LogP contribution is -2.16. The van der Waals surface area contributed by atoms with Crippen LogP contribution in [0.4, 0.5) is 5.82 Å². The van der Waals surface area contributed by atoms with Crippen molar-refractivity contribution in [2.45, 2.75) is 17.7 Å². The van der Waals surface area contributed by atoms with Crippen molar-refractivity contribution in [3.8, 4) is 5.75 Å². The van der Waals surface area contributed by atoms with E-state index in [0.717, 1.165) is 17.9 Å². The zero-order valence-corrected chi connectivity index (χ0v) is 11.6. The van der Waals surface area contributed by atoms with Gasteiger partial charge in [0.25, 0.3) is 0 Å². The molecule has 0 bridgehead atoms. The number of hydrogen-bond donors (Lipinski definition) is 1. The Morgan fingerprint density at radius 3 is 3.00 bits per heavy atom. The van der Waals surface area contributed by atoms with Gasteiger partial charge in [0, 0.05) is 18.2 Å². The van der Waals surface area contributed by atoms with Gasteiger partial charge in [-0.1, -0.05) is 41.6 Å². The molecule has 1 unspecified atom stereocenters. The van der Waals surface area contributed by atoms with Gasteiger partial charge >= 0.3 is 0 Å². The molecule has 0 radical (unpaired) electrons. The maximum absolute atomic E-state index is 5.85. The largest absolute Gasteiger partial charge is 0.489 e. The number of para-hydroxylation sites is 1. The highest BCUT2D eigenvalue weighted by Gasteiger charge is 2.22. The minimum absolute atomic E-state index is 0.145. The maximum Gasteiger partial charge on any atom is 0.191 e. The summed E-state index contributed by atoms with van der Waals surface area (Å²) in [6.45, 7) is 0. The summed E-state index contributed by atoms with van der Waals surface area (Å²) in [6, 6.07) is 9.63. The minimum atomic E-state index is 0.145. The Kier molecular flexibility index (Phi) is 3.48. The van der Waals surface area contributed by atoms with E-state index in [-0.39, 0.29) is 6.10 Å². The summed E-state index contributed by atoms with van der Waals surface area (Å²) in [5.74, 6) is 2.13. The van der Waals surface area contributed by atoms with Crippen LogP contribution in [0.3, 0.4) is 0 Å². The van der Waals surface area contributed by atoms with Crippen LogP contribution >= 0.6 is 23.4 Å². The third-order valence-corrected chi connectivity index (χ3v) is 3.98. The Morgan fingerprint density at radius 2 is 2.21 bits per heavy atom. The SMILES string of the molecule is Nc1cc(Cl)nc(SCC2Cc3ccccc3O2)n1. The van der Waals surface area contributed by atoms with Crippen molar-refractivity contribution in [3.05, 3.63) is 41.0 Å². The van der Waals surface area contributed by atoms with Crippen molar-refractivity contribution >= 4 is 29.2 Å². The number of anilines is 1. The molecular formula is C13H12ClN3OS. The van der Waals surface area contributed by atoms with Crippen molar-refractivity contribution in [1.82, 2.24) is 9.97 Å². The van der Waals surface area contributed by atoms with E-state index in [4.69, 9.17) is 22.1 Å². The fraction of sp³-hybridized carbons (Fsp3) is 0.231. The number of benzene rings is 1. The second-order valence-electron chi connectivity index (χ2n) is 4.26. The molecule has 0 fully saturated rings. The normalized spacial score (nSPS) is 17.0. The fourth-order valence-electron chi connectivity index (χ4n) is 1.99. The van der Waals surface area contributed by atoms with Gasteiger partial charge in [0.2, 0.25) is 0 Å². The van der Waals surface area contributed by atoms with Gasteiger partial charge in [-0.25, -0.2) is 9.97 Å². The van der Waals surface area contributed by atoms with E-state index >= 15 is 0 Å². The number of nitrogens with zero attached hydrogens (tertiary/aromatic N) is 2. The monoisotopic (exact) mass is 293 g/mol. The van der Waals surface area contributed by atoms with E-state index < -0.39 is 0 Å². The summed E-state index contributed by atoms with van der Waals surface area (Å²) in [5.41, 5.74) is 6.88. The smallest absolute Gasteiger partial charge is 0.191 e. The van der Waals surface area contributed by atoms with Crippen LogP contribution in [0.25, 0.3) is 0 Å². The van der Waals surface area contributed by atoms with Gasteiger partial charge in [0.15, 0.2) is 5.16 Å². The van der Waals surface area contributed by atoms with E-state index in [1.807, 2.05) is 18.2 Å². The lowest BCUT2D eigenvalue weighted by Gasteiger charge is -2.09. The molecule has 0 amide bonds. The van der Waals surface area contributed by atoms with Crippen LogP contribution in [-0.4, -0.2) is 21.8 Å². The van der Waals surface area contributed by atoms with E-state index in [0.29, 0.717) is 16.1 Å². The molecule has 4 nitrogen and oxygen atoms in total. The van der Waals surface area contributed by atoms with Crippen molar-refractivity contribution in [2.24, 2.45) is 0 Å². The standard InChI is InChI=1S/C13H12ClN3OS/c14-11-6-12(15)17-13(16-11)19-7-9-5-8-3-1-2-4-10(8)18-9/h1-4,6,9H,5,7H2,(H2,15,16,17). The Morgan fingerprint density at radius 1 is 1.37 bits per heavy atom. The maximum atomic E-state index is 5.85. The van der Waals surface area contributed by atoms with Gasteiger partial charge in [-0.05, 0) is 11.6 Å². The summed E-state index contributed by atoms with van der Waals surface area (Å²) < 4.78 is 5.85. The zero-order valence-electron chi connectivity index (χ0n) is 10.0. The van der Waals surface area contributed by atoms with Crippen LogP contribution in [0.5, 0.6) is 5.75 Å². The molecule has 1 aromatic heterocycles. The third-order valence-electron chi connectivity index (χ3n) is 2.81. The molecule has 0 saturated heterocycles. The molecule has 98 valence electrons. The summed E-state index contributed by atoms with van der Waals surface area (Å²) in [5, 5.41) is 0.954. The number of hydrogen-bond acceptors (Lipinski definition) is 5. The van der Waals surface area contributed by atoms with Crippen molar-refractivity contribution in [1.29, 1.82) is 0 Å². The number of fused-ring (bicyclic) bond motifs is 1. The van der Waals surface area contributed by atoms with Gasteiger partial charge in [0.1, 0.15) is 22.8 Å². The van der Waals surface area contributed by atoms with Crippen LogP contribution in [0.2, 0.25) is 5.15 Å². The fourth-order valence-corrected chi connectivity index (χ4v) is 3.09. The van der Waals surface area contributed by atoms with Crippen LogP contribution in [0.15, 0.2) is 35.5 Å². The first-order valence-electron chi connectivity index (χ1n) is 5.88. The Labute approximate surface area is 120 Å². The van der Waals surface area contributed by atoms with Crippen molar-refractivity contribution in [2.75, 3.05) is 11.5 Å². The predicted octanol–water partition coefficient (Wildman–Crippen LogP) is 2.81. The first kappa shape index (κ1) is 12.6. The number of aromatic nitrogens is 2. The molecule has 0 saturated carbocycles. The van der Waals surface area contributed by atoms with Gasteiger partial charge in [-0.15, -0.1) is 0 Å².